The van der Waals surface area contributed by atoms with Crippen LogP contribution in [0.5, 0.6) is 0 Å². The van der Waals surface area contributed by atoms with E-state index in [0.717, 1.165) is 12.2 Å². The maximum Gasteiger partial charge on any atom is 0.129 e. The molecule has 2 heterocycles. The van der Waals surface area contributed by atoms with Gasteiger partial charge >= 0.3 is 0 Å². The van der Waals surface area contributed by atoms with Crippen LogP contribution >= 0.6 is 11.6 Å². The third-order valence-electron chi connectivity index (χ3n) is 2.40. The minimum absolute atomic E-state index is 0.410. The SMILES string of the molecule is Clc1cccc([C@@H]2CCCCN2)n1. The van der Waals surface area contributed by atoms with Crippen molar-refractivity contribution in [2.24, 2.45) is 0 Å². The van der Waals surface area contributed by atoms with Gasteiger partial charge in [-0.05, 0) is 31.5 Å². The zero-order valence-electron chi connectivity index (χ0n) is 7.46. The highest BCUT2D eigenvalue weighted by Gasteiger charge is 2.15. The molecule has 3 heteroatoms. The van der Waals surface area contributed by atoms with E-state index in [1.807, 2.05) is 18.2 Å². The van der Waals surface area contributed by atoms with Crippen molar-refractivity contribution in [1.29, 1.82) is 0 Å². The number of nitrogens with zero attached hydrogens (tertiary/aromatic N) is 1. The van der Waals surface area contributed by atoms with Crippen molar-refractivity contribution >= 4 is 11.6 Å². The monoisotopic (exact) mass is 196 g/mol. The van der Waals surface area contributed by atoms with Crippen LogP contribution in [0.4, 0.5) is 0 Å². The largest absolute Gasteiger partial charge is 0.309 e. The van der Waals surface area contributed by atoms with E-state index in [4.69, 9.17) is 11.6 Å². The molecule has 0 amide bonds. The van der Waals surface area contributed by atoms with E-state index >= 15 is 0 Å². The van der Waals surface area contributed by atoms with Gasteiger partial charge in [-0.2, -0.15) is 0 Å². The van der Waals surface area contributed by atoms with Crippen LogP contribution in [-0.4, -0.2) is 11.5 Å². The first-order valence-corrected chi connectivity index (χ1v) is 5.10. The fraction of sp³-hybridized carbons (Fsp3) is 0.500. The summed E-state index contributed by atoms with van der Waals surface area (Å²) < 4.78 is 0. The van der Waals surface area contributed by atoms with Crippen LogP contribution in [0.25, 0.3) is 0 Å². The maximum absolute atomic E-state index is 5.83. The van der Waals surface area contributed by atoms with E-state index in [-0.39, 0.29) is 0 Å². The van der Waals surface area contributed by atoms with Crippen molar-refractivity contribution in [1.82, 2.24) is 10.3 Å². The van der Waals surface area contributed by atoms with Crippen LogP contribution < -0.4 is 5.32 Å². The lowest BCUT2D eigenvalue weighted by Crippen LogP contribution is -2.27. The first-order chi connectivity index (χ1) is 6.36. The lowest BCUT2D eigenvalue weighted by molar-refractivity contribution is 0.405. The molecule has 2 nitrogen and oxygen atoms in total. The van der Waals surface area contributed by atoms with E-state index in [2.05, 4.69) is 10.3 Å². The number of hydrogen-bond acceptors (Lipinski definition) is 2. The highest BCUT2D eigenvalue weighted by Crippen LogP contribution is 2.21. The molecule has 0 saturated carbocycles. The van der Waals surface area contributed by atoms with E-state index < -0.39 is 0 Å². The summed E-state index contributed by atoms with van der Waals surface area (Å²) in [6, 6.07) is 6.22. The highest BCUT2D eigenvalue weighted by molar-refractivity contribution is 6.29. The van der Waals surface area contributed by atoms with E-state index in [1.165, 1.54) is 19.3 Å². The molecular weight excluding hydrogens is 184 g/mol. The van der Waals surface area contributed by atoms with Crippen LogP contribution in [0.2, 0.25) is 5.15 Å². The summed E-state index contributed by atoms with van der Waals surface area (Å²) >= 11 is 5.83. The van der Waals surface area contributed by atoms with Crippen molar-refractivity contribution in [2.45, 2.75) is 25.3 Å². The molecule has 1 aliphatic heterocycles. The number of pyridine rings is 1. The van der Waals surface area contributed by atoms with Gasteiger partial charge in [0.15, 0.2) is 0 Å². The molecule has 70 valence electrons. The molecule has 0 unspecified atom stereocenters. The summed E-state index contributed by atoms with van der Waals surface area (Å²) in [5.41, 5.74) is 1.08. The molecule has 0 spiro atoms. The second-order valence-corrected chi connectivity index (χ2v) is 3.77. The van der Waals surface area contributed by atoms with Gasteiger partial charge in [-0.1, -0.05) is 24.1 Å². The molecular formula is C10H13ClN2. The highest BCUT2D eigenvalue weighted by atomic mass is 35.5. The molecule has 0 aliphatic carbocycles. The Morgan fingerprint density at radius 3 is 3.00 bits per heavy atom. The second kappa shape index (κ2) is 4.07. The number of aromatic nitrogens is 1. The lowest BCUT2D eigenvalue weighted by atomic mass is 10.0. The molecule has 0 aromatic carbocycles. The second-order valence-electron chi connectivity index (χ2n) is 3.39. The fourth-order valence-electron chi connectivity index (χ4n) is 1.72. The molecule has 0 bridgehead atoms. The Morgan fingerprint density at radius 2 is 2.31 bits per heavy atom. The van der Waals surface area contributed by atoms with Gasteiger partial charge in [0, 0.05) is 6.04 Å². The van der Waals surface area contributed by atoms with Gasteiger partial charge in [0.1, 0.15) is 5.15 Å². The molecule has 1 saturated heterocycles. The van der Waals surface area contributed by atoms with Crippen molar-refractivity contribution in [3.63, 3.8) is 0 Å². The summed E-state index contributed by atoms with van der Waals surface area (Å²) in [5, 5.41) is 4.03. The third-order valence-corrected chi connectivity index (χ3v) is 2.61. The van der Waals surface area contributed by atoms with Gasteiger partial charge in [0.2, 0.25) is 0 Å². The number of rotatable bonds is 1. The molecule has 0 radical (unpaired) electrons. The van der Waals surface area contributed by atoms with Crippen LogP contribution in [0, 0.1) is 0 Å². The average Bonchev–Trinajstić information content (AvgIpc) is 2.19. The first-order valence-electron chi connectivity index (χ1n) is 4.72. The molecule has 1 fully saturated rings. The van der Waals surface area contributed by atoms with Gasteiger partial charge in [0.05, 0.1) is 5.69 Å². The average molecular weight is 197 g/mol. The van der Waals surface area contributed by atoms with Gasteiger partial charge in [-0.3, -0.25) is 0 Å². The molecule has 1 aliphatic rings. The molecule has 1 aromatic heterocycles. The van der Waals surface area contributed by atoms with Crippen molar-refractivity contribution in [2.75, 3.05) is 6.54 Å². The minimum atomic E-state index is 0.410. The van der Waals surface area contributed by atoms with Gasteiger partial charge < -0.3 is 5.32 Å². The van der Waals surface area contributed by atoms with Crippen molar-refractivity contribution in [3.8, 4) is 0 Å². The summed E-state index contributed by atoms with van der Waals surface area (Å²) in [7, 11) is 0. The number of piperidine rings is 1. The van der Waals surface area contributed by atoms with E-state index in [0.29, 0.717) is 11.2 Å². The Hall–Kier alpha value is -0.600. The summed E-state index contributed by atoms with van der Waals surface area (Å²) in [4.78, 5) is 4.30. The molecule has 1 N–H and O–H groups in total. The quantitative estimate of drug-likeness (QED) is 0.699. The summed E-state index contributed by atoms with van der Waals surface area (Å²) in [6.45, 7) is 1.10. The zero-order valence-corrected chi connectivity index (χ0v) is 8.22. The minimum Gasteiger partial charge on any atom is -0.309 e. The predicted molar refractivity (Wildman–Crippen MR) is 53.8 cm³/mol. The Morgan fingerprint density at radius 1 is 1.38 bits per heavy atom. The van der Waals surface area contributed by atoms with Crippen LogP contribution in [0.1, 0.15) is 31.0 Å². The Kier molecular flexibility index (Phi) is 2.81. The summed E-state index contributed by atoms with van der Waals surface area (Å²) in [5.74, 6) is 0. The Balaban J connectivity index is 2.14. The smallest absolute Gasteiger partial charge is 0.129 e. The molecule has 2 rings (SSSR count). The van der Waals surface area contributed by atoms with E-state index in [1.54, 1.807) is 0 Å². The van der Waals surface area contributed by atoms with Gasteiger partial charge in [-0.25, -0.2) is 4.98 Å². The number of hydrogen-bond donors (Lipinski definition) is 1. The topological polar surface area (TPSA) is 24.9 Å². The zero-order chi connectivity index (χ0) is 9.10. The predicted octanol–water partition coefficient (Wildman–Crippen LogP) is 2.55. The molecule has 1 aromatic rings. The van der Waals surface area contributed by atoms with Gasteiger partial charge in [-0.15, -0.1) is 0 Å². The Bertz CT molecular complexity index is 282. The van der Waals surface area contributed by atoms with Crippen LogP contribution in [-0.2, 0) is 0 Å². The standard InChI is InChI=1S/C10H13ClN2/c11-10-6-3-5-9(13-10)8-4-1-2-7-12-8/h3,5-6,8,12H,1-2,4,7H2/t8-/m0/s1. The maximum atomic E-state index is 5.83. The normalized spacial score (nSPS) is 23.0. The Labute approximate surface area is 83.3 Å². The lowest BCUT2D eigenvalue weighted by Gasteiger charge is -2.22. The van der Waals surface area contributed by atoms with Crippen molar-refractivity contribution < 1.29 is 0 Å². The summed E-state index contributed by atoms with van der Waals surface area (Å²) in [6.07, 6.45) is 3.73. The third kappa shape index (κ3) is 2.20. The molecule has 1 atom stereocenters. The van der Waals surface area contributed by atoms with Gasteiger partial charge in [0.25, 0.3) is 0 Å². The first kappa shape index (κ1) is 8.97. The molecule has 13 heavy (non-hydrogen) atoms. The van der Waals surface area contributed by atoms with Crippen LogP contribution in [0.3, 0.4) is 0 Å². The van der Waals surface area contributed by atoms with Crippen LogP contribution in [0.15, 0.2) is 18.2 Å². The van der Waals surface area contributed by atoms with Crippen molar-refractivity contribution in [3.05, 3.63) is 29.0 Å². The van der Waals surface area contributed by atoms with E-state index in [9.17, 15) is 0 Å². The number of nitrogens with one attached hydrogen (secondary N) is 1. The number of halogens is 1. The fourth-order valence-corrected chi connectivity index (χ4v) is 1.89.